The number of hydrogen-bond acceptors (Lipinski definition) is 3. The number of hydrogen-bond donors (Lipinski definition) is 1. The van der Waals surface area contributed by atoms with Crippen LogP contribution in [0.2, 0.25) is 5.02 Å². The molecule has 0 aromatic heterocycles. The van der Waals surface area contributed by atoms with Crippen LogP contribution in [-0.4, -0.2) is 29.2 Å². The largest absolute Gasteiger partial charge is 0.507 e. The SMILES string of the molecule is O=C(c1cc(Cl)ccc1O)N1CCCO1. The maximum Gasteiger partial charge on any atom is 0.281 e. The van der Waals surface area contributed by atoms with Gasteiger partial charge in [0.15, 0.2) is 0 Å². The van der Waals surface area contributed by atoms with Crippen molar-refractivity contribution < 1.29 is 14.7 Å². The van der Waals surface area contributed by atoms with Crippen molar-refractivity contribution in [2.75, 3.05) is 13.2 Å². The smallest absolute Gasteiger partial charge is 0.281 e. The quantitative estimate of drug-likeness (QED) is 0.796. The molecule has 2 rings (SSSR count). The highest BCUT2D eigenvalue weighted by Crippen LogP contribution is 2.24. The van der Waals surface area contributed by atoms with E-state index < -0.39 is 0 Å². The number of phenols is 1. The molecule has 15 heavy (non-hydrogen) atoms. The molecule has 4 nitrogen and oxygen atoms in total. The summed E-state index contributed by atoms with van der Waals surface area (Å²) in [6.07, 6.45) is 0.813. The Balaban J connectivity index is 2.27. The summed E-state index contributed by atoms with van der Waals surface area (Å²) in [5.41, 5.74) is 0.171. The lowest BCUT2D eigenvalue weighted by molar-refractivity contribution is -0.0769. The average Bonchev–Trinajstić information content (AvgIpc) is 2.74. The van der Waals surface area contributed by atoms with Gasteiger partial charge in [-0.2, -0.15) is 0 Å². The number of nitrogens with zero attached hydrogens (tertiary/aromatic N) is 1. The van der Waals surface area contributed by atoms with Gasteiger partial charge in [-0.05, 0) is 24.6 Å². The number of halogens is 1. The van der Waals surface area contributed by atoms with Crippen molar-refractivity contribution in [3.8, 4) is 5.75 Å². The first kappa shape index (κ1) is 10.3. The summed E-state index contributed by atoms with van der Waals surface area (Å²) in [4.78, 5) is 16.9. The molecule has 1 aromatic rings. The molecule has 1 aromatic carbocycles. The Bertz CT molecular complexity index is 388. The van der Waals surface area contributed by atoms with Gasteiger partial charge in [0.25, 0.3) is 5.91 Å². The van der Waals surface area contributed by atoms with Gasteiger partial charge in [-0.1, -0.05) is 11.6 Å². The predicted molar refractivity (Wildman–Crippen MR) is 54.7 cm³/mol. The molecule has 1 saturated heterocycles. The van der Waals surface area contributed by atoms with Crippen LogP contribution in [0.15, 0.2) is 18.2 Å². The summed E-state index contributed by atoms with van der Waals surface area (Å²) < 4.78 is 0. The van der Waals surface area contributed by atoms with Gasteiger partial charge >= 0.3 is 0 Å². The standard InChI is InChI=1S/C10H10ClNO3/c11-7-2-3-9(13)8(6-7)10(14)12-4-1-5-15-12/h2-3,6,13H,1,4-5H2. The Morgan fingerprint density at radius 2 is 2.33 bits per heavy atom. The second kappa shape index (κ2) is 4.08. The molecule has 1 N–H and O–H groups in total. The van der Waals surface area contributed by atoms with E-state index in [-0.39, 0.29) is 17.2 Å². The minimum Gasteiger partial charge on any atom is -0.507 e. The molecule has 1 aliphatic heterocycles. The topological polar surface area (TPSA) is 49.8 Å². The summed E-state index contributed by atoms with van der Waals surface area (Å²) in [6, 6.07) is 4.35. The summed E-state index contributed by atoms with van der Waals surface area (Å²) in [6.45, 7) is 1.08. The van der Waals surface area contributed by atoms with Gasteiger partial charge in [0, 0.05) is 5.02 Å². The van der Waals surface area contributed by atoms with Gasteiger partial charge in [0.2, 0.25) is 0 Å². The molecule has 1 aliphatic rings. The van der Waals surface area contributed by atoms with Gasteiger partial charge < -0.3 is 5.11 Å². The van der Waals surface area contributed by atoms with Gasteiger partial charge in [-0.3, -0.25) is 9.63 Å². The number of phenolic OH excluding ortho intramolecular Hbond substituents is 1. The van der Waals surface area contributed by atoms with E-state index in [0.717, 1.165) is 6.42 Å². The molecular formula is C10H10ClNO3. The van der Waals surface area contributed by atoms with Crippen molar-refractivity contribution in [1.82, 2.24) is 5.06 Å². The highest BCUT2D eigenvalue weighted by atomic mass is 35.5. The van der Waals surface area contributed by atoms with Crippen LogP contribution in [0.25, 0.3) is 0 Å². The Labute approximate surface area is 92.0 Å². The van der Waals surface area contributed by atoms with E-state index >= 15 is 0 Å². The first-order valence-electron chi connectivity index (χ1n) is 4.62. The van der Waals surface area contributed by atoms with E-state index in [1.54, 1.807) is 0 Å². The molecule has 0 atom stereocenters. The fraction of sp³-hybridized carbons (Fsp3) is 0.300. The molecule has 0 bridgehead atoms. The predicted octanol–water partition coefficient (Wildman–Crippen LogP) is 1.82. The van der Waals surface area contributed by atoms with Crippen LogP contribution >= 0.6 is 11.6 Å². The highest BCUT2D eigenvalue weighted by molar-refractivity contribution is 6.31. The summed E-state index contributed by atoms with van der Waals surface area (Å²) >= 11 is 5.74. The number of aromatic hydroxyl groups is 1. The fourth-order valence-corrected chi connectivity index (χ4v) is 1.59. The van der Waals surface area contributed by atoms with Crippen molar-refractivity contribution >= 4 is 17.5 Å². The second-order valence-corrected chi connectivity index (χ2v) is 3.69. The lowest BCUT2D eigenvalue weighted by Gasteiger charge is -2.14. The number of rotatable bonds is 1. The number of carbonyl (C=O) groups excluding carboxylic acids is 1. The minimum absolute atomic E-state index is 0.0834. The zero-order valence-corrected chi connectivity index (χ0v) is 8.70. The third-order valence-corrected chi connectivity index (χ3v) is 2.40. The Morgan fingerprint density at radius 3 is 3.00 bits per heavy atom. The van der Waals surface area contributed by atoms with Gasteiger partial charge in [0.05, 0.1) is 18.7 Å². The van der Waals surface area contributed by atoms with Gasteiger partial charge in [0.1, 0.15) is 5.75 Å². The Morgan fingerprint density at radius 1 is 1.53 bits per heavy atom. The molecule has 5 heteroatoms. The van der Waals surface area contributed by atoms with E-state index in [2.05, 4.69) is 0 Å². The summed E-state index contributed by atoms with van der Waals surface area (Å²) in [7, 11) is 0. The molecule has 0 radical (unpaired) electrons. The number of benzene rings is 1. The first-order chi connectivity index (χ1) is 7.18. The van der Waals surface area contributed by atoms with Crippen LogP contribution in [-0.2, 0) is 4.84 Å². The van der Waals surface area contributed by atoms with Crippen LogP contribution in [0.1, 0.15) is 16.8 Å². The number of carbonyl (C=O) groups is 1. The lowest BCUT2D eigenvalue weighted by Crippen LogP contribution is -2.26. The monoisotopic (exact) mass is 227 g/mol. The maximum absolute atomic E-state index is 11.8. The van der Waals surface area contributed by atoms with E-state index in [9.17, 15) is 9.90 Å². The molecule has 80 valence electrons. The Kier molecular flexibility index (Phi) is 2.79. The Hall–Kier alpha value is -1.26. The fourth-order valence-electron chi connectivity index (χ4n) is 1.42. The molecule has 0 spiro atoms. The van der Waals surface area contributed by atoms with Crippen molar-refractivity contribution in [2.45, 2.75) is 6.42 Å². The lowest BCUT2D eigenvalue weighted by atomic mass is 10.2. The molecule has 0 unspecified atom stereocenters. The van der Waals surface area contributed by atoms with Crippen LogP contribution in [0, 0.1) is 0 Å². The maximum atomic E-state index is 11.8. The van der Waals surface area contributed by atoms with Crippen molar-refractivity contribution in [2.24, 2.45) is 0 Å². The molecule has 0 aliphatic carbocycles. The van der Waals surface area contributed by atoms with Crippen LogP contribution in [0.3, 0.4) is 0 Å². The minimum atomic E-state index is -0.354. The first-order valence-corrected chi connectivity index (χ1v) is 4.99. The van der Waals surface area contributed by atoms with Gasteiger partial charge in [-0.25, -0.2) is 5.06 Å². The molecule has 1 fully saturated rings. The third kappa shape index (κ3) is 2.06. The third-order valence-electron chi connectivity index (χ3n) is 2.17. The molecule has 1 heterocycles. The summed E-state index contributed by atoms with van der Waals surface area (Å²) in [5, 5.41) is 11.2. The average molecular weight is 228 g/mol. The van der Waals surface area contributed by atoms with E-state index in [4.69, 9.17) is 16.4 Å². The number of amides is 1. The van der Waals surface area contributed by atoms with Crippen molar-refractivity contribution in [3.05, 3.63) is 28.8 Å². The van der Waals surface area contributed by atoms with Crippen molar-refractivity contribution in [3.63, 3.8) is 0 Å². The van der Waals surface area contributed by atoms with Gasteiger partial charge in [-0.15, -0.1) is 0 Å². The van der Waals surface area contributed by atoms with Crippen LogP contribution < -0.4 is 0 Å². The van der Waals surface area contributed by atoms with E-state index in [0.29, 0.717) is 18.2 Å². The summed E-state index contributed by atoms with van der Waals surface area (Å²) in [5.74, 6) is -0.438. The highest BCUT2D eigenvalue weighted by Gasteiger charge is 2.23. The number of hydroxylamine groups is 2. The zero-order valence-electron chi connectivity index (χ0n) is 7.94. The van der Waals surface area contributed by atoms with Crippen LogP contribution in [0.5, 0.6) is 5.75 Å². The normalized spacial score (nSPS) is 15.7. The zero-order chi connectivity index (χ0) is 10.8. The molecular weight excluding hydrogens is 218 g/mol. The second-order valence-electron chi connectivity index (χ2n) is 3.26. The van der Waals surface area contributed by atoms with Crippen LogP contribution in [0.4, 0.5) is 0 Å². The molecule has 0 saturated carbocycles. The van der Waals surface area contributed by atoms with Crippen molar-refractivity contribution in [1.29, 1.82) is 0 Å². The van der Waals surface area contributed by atoms with E-state index in [1.807, 2.05) is 0 Å². The molecule has 1 amide bonds. The van der Waals surface area contributed by atoms with E-state index in [1.165, 1.54) is 23.3 Å².